The number of rotatable bonds is 5. The minimum Gasteiger partial charge on any atom is -0.114 e. The van der Waals surface area contributed by atoms with E-state index in [1.807, 2.05) is 0 Å². The third-order valence-electron chi connectivity index (χ3n) is 3.48. The van der Waals surface area contributed by atoms with Crippen LogP contribution in [0.5, 0.6) is 0 Å². The molecule has 0 saturated carbocycles. The van der Waals surface area contributed by atoms with E-state index >= 15 is 0 Å². The maximum atomic E-state index is 2.28. The first-order chi connectivity index (χ1) is 8.81. The van der Waals surface area contributed by atoms with Crippen molar-refractivity contribution in [1.82, 2.24) is 0 Å². The molecule has 0 unspecified atom stereocenters. The zero-order valence-electron chi connectivity index (χ0n) is 11.9. The van der Waals surface area contributed by atoms with E-state index in [2.05, 4.69) is 62.4 Å². The Morgan fingerprint density at radius 3 is 2.16 bits per heavy atom. The topological polar surface area (TPSA) is 0 Å². The lowest BCUT2D eigenvalue weighted by Gasteiger charge is -2.07. The lowest BCUT2D eigenvalue weighted by atomic mass is 9.98. The van der Waals surface area contributed by atoms with Crippen LogP contribution in [-0.4, -0.2) is 0 Å². The number of halogens is 1. The minimum absolute atomic E-state index is 0. The minimum atomic E-state index is 0. The van der Waals surface area contributed by atoms with Gasteiger partial charge in [0.15, 0.2) is 0 Å². The number of hydrogen-bond donors (Lipinski definition) is 0. The molecule has 0 aliphatic carbocycles. The quantitative estimate of drug-likeness (QED) is 0.595. The molecule has 0 amide bonds. The fourth-order valence-corrected chi connectivity index (χ4v) is 2.33. The molecular formula is C18H23Br. The second kappa shape index (κ2) is 8.16. The fourth-order valence-electron chi connectivity index (χ4n) is 2.33. The summed E-state index contributed by atoms with van der Waals surface area (Å²) in [6.07, 6.45) is 5.14. The molecule has 2 aromatic rings. The number of unbranched alkanes of at least 4 members (excludes halogenated alkanes) is 2. The summed E-state index contributed by atoms with van der Waals surface area (Å²) in [6, 6.07) is 17.6. The maximum absolute atomic E-state index is 2.28. The fraction of sp³-hybridized carbons (Fsp3) is 0.333. The lowest BCUT2D eigenvalue weighted by Crippen LogP contribution is -1.87. The number of benzene rings is 2. The van der Waals surface area contributed by atoms with Crippen LogP contribution in [0.1, 0.15) is 37.3 Å². The van der Waals surface area contributed by atoms with Crippen LogP contribution in [0, 0.1) is 6.92 Å². The van der Waals surface area contributed by atoms with Crippen molar-refractivity contribution >= 4 is 17.0 Å². The molecule has 0 aliphatic rings. The van der Waals surface area contributed by atoms with Gasteiger partial charge in [0.1, 0.15) is 0 Å². The van der Waals surface area contributed by atoms with Crippen LogP contribution in [0.25, 0.3) is 11.1 Å². The van der Waals surface area contributed by atoms with E-state index in [0.717, 1.165) is 0 Å². The van der Waals surface area contributed by atoms with Crippen molar-refractivity contribution in [2.24, 2.45) is 0 Å². The summed E-state index contributed by atoms with van der Waals surface area (Å²) in [4.78, 5) is 0. The highest BCUT2D eigenvalue weighted by Gasteiger charge is 2.00. The summed E-state index contributed by atoms with van der Waals surface area (Å²) in [7, 11) is 0. The van der Waals surface area contributed by atoms with Crippen LogP contribution in [-0.2, 0) is 6.42 Å². The van der Waals surface area contributed by atoms with E-state index in [4.69, 9.17) is 0 Å². The first-order valence-corrected chi connectivity index (χ1v) is 6.96. The van der Waals surface area contributed by atoms with Crippen molar-refractivity contribution in [1.29, 1.82) is 0 Å². The molecule has 0 aliphatic heterocycles. The summed E-state index contributed by atoms with van der Waals surface area (Å²) >= 11 is 0. The summed E-state index contributed by atoms with van der Waals surface area (Å²) in [5.74, 6) is 0. The zero-order chi connectivity index (χ0) is 12.8. The predicted molar refractivity (Wildman–Crippen MR) is 90.2 cm³/mol. The van der Waals surface area contributed by atoms with E-state index in [9.17, 15) is 0 Å². The molecule has 0 heterocycles. The molecule has 0 bridgehead atoms. The van der Waals surface area contributed by atoms with Gasteiger partial charge < -0.3 is 0 Å². The van der Waals surface area contributed by atoms with Crippen LogP contribution >= 0.6 is 17.0 Å². The highest BCUT2D eigenvalue weighted by atomic mass is 79.9. The van der Waals surface area contributed by atoms with Crippen molar-refractivity contribution in [2.75, 3.05) is 0 Å². The lowest BCUT2D eigenvalue weighted by molar-refractivity contribution is 0.717. The monoisotopic (exact) mass is 318 g/mol. The van der Waals surface area contributed by atoms with Gasteiger partial charge in [-0.25, -0.2) is 0 Å². The standard InChI is InChI=1S/C18H22.BrH/c1-3-4-5-9-16-11-13-17(14-12-16)18-10-7-6-8-15(18)2;/h6-8,10-14H,3-5,9H2,1-2H3;1H. The van der Waals surface area contributed by atoms with Crippen LogP contribution in [0.2, 0.25) is 0 Å². The highest BCUT2D eigenvalue weighted by molar-refractivity contribution is 8.93. The van der Waals surface area contributed by atoms with Crippen molar-refractivity contribution in [2.45, 2.75) is 39.5 Å². The third kappa shape index (κ3) is 4.50. The number of aryl methyl sites for hydroxylation is 2. The predicted octanol–water partition coefficient (Wildman–Crippen LogP) is 5.97. The van der Waals surface area contributed by atoms with Crippen LogP contribution < -0.4 is 0 Å². The van der Waals surface area contributed by atoms with E-state index in [1.165, 1.54) is 47.9 Å². The third-order valence-corrected chi connectivity index (χ3v) is 3.48. The molecule has 0 N–H and O–H groups in total. The first-order valence-electron chi connectivity index (χ1n) is 6.96. The van der Waals surface area contributed by atoms with Gasteiger partial charge in [-0.05, 0) is 42.0 Å². The molecule has 2 aromatic carbocycles. The Hall–Kier alpha value is -1.08. The van der Waals surface area contributed by atoms with Gasteiger partial charge in [-0.1, -0.05) is 68.3 Å². The Morgan fingerprint density at radius 2 is 1.53 bits per heavy atom. The van der Waals surface area contributed by atoms with Gasteiger partial charge in [-0.3, -0.25) is 0 Å². The van der Waals surface area contributed by atoms with Gasteiger partial charge in [-0.2, -0.15) is 0 Å². The summed E-state index contributed by atoms with van der Waals surface area (Å²) in [5.41, 5.74) is 5.47. The van der Waals surface area contributed by atoms with Crippen molar-refractivity contribution in [3.05, 3.63) is 59.7 Å². The summed E-state index contributed by atoms with van der Waals surface area (Å²) in [5, 5.41) is 0. The van der Waals surface area contributed by atoms with Gasteiger partial charge in [0, 0.05) is 0 Å². The summed E-state index contributed by atoms with van der Waals surface area (Å²) < 4.78 is 0. The van der Waals surface area contributed by atoms with Crippen molar-refractivity contribution in [3.63, 3.8) is 0 Å². The van der Waals surface area contributed by atoms with Crippen LogP contribution in [0.15, 0.2) is 48.5 Å². The molecular weight excluding hydrogens is 296 g/mol. The maximum Gasteiger partial charge on any atom is -0.0155 e. The molecule has 0 aromatic heterocycles. The van der Waals surface area contributed by atoms with Crippen LogP contribution in [0.4, 0.5) is 0 Å². The molecule has 0 fully saturated rings. The molecule has 0 radical (unpaired) electrons. The van der Waals surface area contributed by atoms with Crippen molar-refractivity contribution < 1.29 is 0 Å². The average Bonchev–Trinajstić information content (AvgIpc) is 2.41. The van der Waals surface area contributed by atoms with E-state index < -0.39 is 0 Å². The first kappa shape index (κ1) is 16.0. The largest absolute Gasteiger partial charge is 0.114 e. The Labute approximate surface area is 127 Å². The van der Waals surface area contributed by atoms with Gasteiger partial charge in [0.2, 0.25) is 0 Å². The molecule has 0 atom stereocenters. The summed E-state index contributed by atoms with van der Waals surface area (Å²) in [6.45, 7) is 4.42. The second-order valence-corrected chi connectivity index (χ2v) is 4.97. The number of hydrogen-bond acceptors (Lipinski definition) is 0. The molecule has 2 rings (SSSR count). The molecule has 1 heteroatoms. The van der Waals surface area contributed by atoms with Crippen LogP contribution in [0.3, 0.4) is 0 Å². The van der Waals surface area contributed by atoms with Gasteiger partial charge in [0.05, 0.1) is 0 Å². The normalized spacial score (nSPS) is 10.0. The Balaban J connectivity index is 0.00000180. The Kier molecular flexibility index (Phi) is 6.86. The van der Waals surface area contributed by atoms with E-state index in [-0.39, 0.29) is 17.0 Å². The van der Waals surface area contributed by atoms with E-state index in [0.29, 0.717) is 0 Å². The Bertz CT molecular complexity index is 485. The van der Waals surface area contributed by atoms with Gasteiger partial charge >= 0.3 is 0 Å². The highest BCUT2D eigenvalue weighted by Crippen LogP contribution is 2.23. The zero-order valence-corrected chi connectivity index (χ0v) is 13.6. The van der Waals surface area contributed by atoms with Gasteiger partial charge in [-0.15, -0.1) is 17.0 Å². The van der Waals surface area contributed by atoms with E-state index in [1.54, 1.807) is 0 Å². The van der Waals surface area contributed by atoms with Crippen molar-refractivity contribution in [3.8, 4) is 11.1 Å². The molecule has 0 saturated heterocycles. The SMILES string of the molecule is Br.CCCCCc1ccc(-c2ccccc2C)cc1. The molecule has 0 nitrogen and oxygen atoms in total. The Morgan fingerprint density at radius 1 is 0.842 bits per heavy atom. The molecule has 19 heavy (non-hydrogen) atoms. The molecule has 0 spiro atoms. The average molecular weight is 319 g/mol. The second-order valence-electron chi connectivity index (χ2n) is 4.97. The smallest absolute Gasteiger partial charge is 0.0155 e. The molecule has 102 valence electrons. The van der Waals surface area contributed by atoms with Gasteiger partial charge in [0.25, 0.3) is 0 Å².